The van der Waals surface area contributed by atoms with E-state index in [9.17, 15) is 13.2 Å². The van der Waals surface area contributed by atoms with Crippen LogP contribution in [-0.2, 0) is 12.2 Å². The number of nitrogens with one attached hydrogen (secondary N) is 1. The number of alkyl halides is 3. The minimum atomic E-state index is -4.10. The second-order valence-corrected chi connectivity index (χ2v) is 9.31. The molecule has 166 valence electrons. The normalized spacial score (nSPS) is 16.1. The molecule has 0 aliphatic carbocycles. The van der Waals surface area contributed by atoms with Crippen LogP contribution in [0, 0.1) is 0 Å². The van der Waals surface area contributed by atoms with E-state index in [2.05, 4.69) is 50.2 Å². The van der Waals surface area contributed by atoms with E-state index in [0.717, 1.165) is 44.3 Å². The minimum absolute atomic E-state index is 0.0813. The van der Waals surface area contributed by atoms with Gasteiger partial charge in [-0.1, -0.05) is 56.9 Å². The van der Waals surface area contributed by atoms with Crippen LogP contribution in [0.2, 0.25) is 0 Å². The first kappa shape index (κ1) is 24.6. The monoisotopic (exact) mass is 437 g/mol. The summed E-state index contributed by atoms with van der Waals surface area (Å²) in [6.45, 7) is 14.6. The lowest BCUT2D eigenvalue weighted by molar-refractivity contribution is -0.135. The van der Waals surface area contributed by atoms with Crippen LogP contribution < -0.4 is 5.32 Å². The fraction of sp³-hybridized carbons (Fsp3) is 0.520. The predicted molar refractivity (Wildman–Crippen MR) is 124 cm³/mol. The number of thioether (sulfide) groups is 1. The largest absolute Gasteiger partial charge is 0.389 e. The molecule has 2 rings (SSSR count). The van der Waals surface area contributed by atoms with Gasteiger partial charge in [-0.15, -0.1) is 11.8 Å². The number of hydrogen-bond donors (Lipinski definition) is 1. The fourth-order valence-corrected chi connectivity index (χ4v) is 5.09. The number of benzene rings is 1. The second-order valence-electron chi connectivity index (χ2n) is 8.12. The van der Waals surface area contributed by atoms with Gasteiger partial charge in [-0.2, -0.15) is 13.2 Å². The van der Waals surface area contributed by atoms with Crippen molar-refractivity contribution < 1.29 is 13.2 Å². The Bertz CT molecular complexity index is 751. The van der Waals surface area contributed by atoms with Gasteiger partial charge in [0.2, 0.25) is 0 Å². The summed E-state index contributed by atoms with van der Waals surface area (Å²) in [5.41, 5.74) is 7.08. The number of halogens is 3. The predicted octanol–water partition coefficient (Wildman–Crippen LogP) is 8.18. The molecule has 0 fully saturated rings. The van der Waals surface area contributed by atoms with Crippen molar-refractivity contribution in [1.82, 2.24) is 5.32 Å². The highest BCUT2D eigenvalue weighted by Crippen LogP contribution is 2.35. The zero-order valence-corrected chi connectivity index (χ0v) is 18.9. The van der Waals surface area contributed by atoms with Crippen molar-refractivity contribution in [3.63, 3.8) is 0 Å². The van der Waals surface area contributed by atoms with E-state index in [1.165, 1.54) is 27.8 Å². The maximum atomic E-state index is 12.3. The molecule has 0 amide bonds. The third-order valence-corrected chi connectivity index (χ3v) is 6.55. The van der Waals surface area contributed by atoms with Crippen molar-refractivity contribution in [3.05, 3.63) is 65.9 Å². The van der Waals surface area contributed by atoms with Crippen molar-refractivity contribution in [2.45, 2.75) is 82.0 Å². The smallest absolute Gasteiger partial charge is 0.377 e. The molecule has 0 bridgehead atoms. The Kier molecular flexibility index (Phi) is 9.60. The van der Waals surface area contributed by atoms with E-state index < -0.39 is 12.6 Å². The lowest BCUT2D eigenvalue weighted by Gasteiger charge is -2.28. The quantitative estimate of drug-likeness (QED) is 0.331. The maximum Gasteiger partial charge on any atom is 0.389 e. The number of rotatable bonds is 12. The van der Waals surface area contributed by atoms with Gasteiger partial charge in [-0.05, 0) is 60.8 Å². The highest BCUT2D eigenvalue weighted by atomic mass is 32.2. The molecule has 0 radical (unpaired) electrons. The molecule has 1 atom stereocenters. The maximum absolute atomic E-state index is 12.3. The summed E-state index contributed by atoms with van der Waals surface area (Å²) < 4.78 is 37.0. The Hall–Kier alpha value is -1.62. The van der Waals surface area contributed by atoms with Crippen molar-refractivity contribution in [2.75, 3.05) is 0 Å². The molecule has 1 aliphatic heterocycles. The van der Waals surface area contributed by atoms with Gasteiger partial charge in [0, 0.05) is 24.3 Å². The average Bonchev–Trinajstić information content (AvgIpc) is 2.66. The molecular weight excluding hydrogens is 403 g/mol. The van der Waals surface area contributed by atoms with Gasteiger partial charge < -0.3 is 5.32 Å². The Morgan fingerprint density at radius 3 is 2.57 bits per heavy atom. The van der Waals surface area contributed by atoms with Gasteiger partial charge in [0.15, 0.2) is 0 Å². The molecule has 0 saturated heterocycles. The van der Waals surface area contributed by atoms with Crippen LogP contribution in [0.3, 0.4) is 0 Å². The van der Waals surface area contributed by atoms with Crippen LogP contribution in [0.4, 0.5) is 13.2 Å². The molecule has 5 heteroatoms. The molecule has 1 heterocycles. The molecule has 1 aliphatic rings. The van der Waals surface area contributed by atoms with Crippen molar-refractivity contribution >= 4 is 17.3 Å². The van der Waals surface area contributed by atoms with Gasteiger partial charge in [0.25, 0.3) is 0 Å². The topological polar surface area (TPSA) is 12.0 Å². The molecule has 1 nitrogen and oxygen atoms in total. The number of allylic oxidation sites excluding steroid dienone is 3. The molecule has 1 N–H and O–H groups in total. The van der Waals surface area contributed by atoms with Gasteiger partial charge in [0.1, 0.15) is 0 Å². The summed E-state index contributed by atoms with van der Waals surface area (Å²) >= 11 is 1.79. The van der Waals surface area contributed by atoms with E-state index in [0.29, 0.717) is 12.1 Å². The second kappa shape index (κ2) is 11.7. The molecule has 30 heavy (non-hydrogen) atoms. The van der Waals surface area contributed by atoms with Crippen LogP contribution >= 0.6 is 11.8 Å². The van der Waals surface area contributed by atoms with Crippen LogP contribution in [0.25, 0.3) is 5.57 Å². The fourth-order valence-electron chi connectivity index (χ4n) is 3.83. The average molecular weight is 438 g/mol. The third kappa shape index (κ3) is 8.25. The van der Waals surface area contributed by atoms with Gasteiger partial charge in [0.05, 0.1) is 5.37 Å². The first-order chi connectivity index (χ1) is 14.2. The van der Waals surface area contributed by atoms with Crippen molar-refractivity contribution in [2.24, 2.45) is 0 Å². The highest BCUT2D eigenvalue weighted by Gasteiger charge is 2.26. The van der Waals surface area contributed by atoms with Gasteiger partial charge in [-0.3, -0.25) is 0 Å². The Labute approximate surface area is 183 Å². The van der Waals surface area contributed by atoms with Crippen molar-refractivity contribution in [1.29, 1.82) is 0 Å². The summed E-state index contributed by atoms with van der Waals surface area (Å²) in [5, 5.41) is 3.47. The van der Waals surface area contributed by atoms with E-state index in [1.807, 2.05) is 0 Å². The molecule has 0 spiro atoms. The number of hydrogen-bond acceptors (Lipinski definition) is 2. The summed E-state index contributed by atoms with van der Waals surface area (Å²) in [7, 11) is 0. The summed E-state index contributed by atoms with van der Waals surface area (Å²) in [5.74, 6) is 0.876. The van der Waals surface area contributed by atoms with E-state index in [-0.39, 0.29) is 11.8 Å². The zero-order chi connectivity index (χ0) is 22.1. The molecule has 1 unspecified atom stereocenters. The molecule has 1 aromatic rings. The van der Waals surface area contributed by atoms with Crippen LogP contribution in [-0.4, -0.2) is 11.6 Å². The summed E-state index contributed by atoms with van der Waals surface area (Å²) in [4.78, 5) is 0. The van der Waals surface area contributed by atoms with Crippen molar-refractivity contribution in [3.8, 4) is 0 Å². The van der Waals surface area contributed by atoms with Crippen LogP contribution in [0.1, 0.15) is 75.0 Å². The Morgan fingerprint density at radius 2 is 1.87 bits per heavy atom. The van der Waals surface area contributed by atoms with E-state index >= 15 is 0 Å². The van der Waals surface area contributed by atoms with Gasteiger partial charge in [-0.25, -0.2) is 0 Å². The molecular formula is C25H34F3NS. The standard InChI is InChI=1S/C25H34F3NS/c1-5-9-18(2)10-6-11-19(3)22-14-7-13-21-16-24(30-17-23(21)22)29-20(4)12-8-15-25(26,27)28/h7,13-14,24,29H,2-6,8-12,15-17H2,1H3. The van der Waals surface area contributed by atoms with E-state index in [1.54, 1.807) is 11.8 Å². The zero-order valence-electron chi connectivity index (χ0n) is 18.0. The molecule has 0 aromatic heterocycles. The lowest BCUT2D eigenvalue weighted by Crippen LogP contribution is -2.30. The van der Waals surface area contributed by atoms with E-state index in [4.69, 9.17) is 0 Å². The minimum Gasteiger partial charge on any atom is -0.377 e. The summed E-state index contributed by atoms with van der Waals surface area (Å²) in [6.07, 6.45) is 1.77. The van der Waals surface area contributed by atoms with Crippen LogP contribution in [0.5, 0.6) is 0 Å². The number of fused-ring (bicyclic) bond motifs is 1. The van der Waals surface area contributed by atoms with Gasteiger partial charge >= 0.3 is 6.18 Å². The SMILES string of the molecule is C=C(CCC)CCCC(=C)c1cccc2c1CSC(NC(=C)CCCC(F)(F)F)C2. The Morgan fingerprint density at radius 1 is 1.10 bits per heavy atom. The first-order valence-corrected chi connectivity index (χ1v) is 11.8. The highest BCUT2D eigenvalue weighted by molar-refractivity contribution is 7.99. The van der Waals surface area contributed by atoms with Crippen LogP contribution in [0.15, 0.2) is 49.2 Å². The molecule has 0 saturated carbocycles. The Balaban J connectivity index is 1.87. The lowest BCUT2D eigenvalue weighted by atomic mass is 9.92. The third-order valence-electron chi connectivity index (χ3n) is 5.40. The molecule has 1 aromatic carbocycles. The first-order valence-electron chi connectivity index (χ1n) is 10.8. The summed E-state index contributed by atoms with van der Waals surface area (Å²) in [6, 6.07) is 6.39.